The van der Waals surface area contributed by atoms with Crippen LogP contribution in [0.2, 0.25) is 0 Å². The van der Waals surface area contributed by atoms with Gasteiger partial charge in [-0.3, -0.25) is 9.59 Å². The lowest BCUT2D eigenvalue weighted by molar-refractivity contribution is -0.124. The van der Waals surface area contributed by atoms with Crippen LogP contribution in [-0.2, 0) is 21.2 Å². The number of aromatic nitrogens is 3. The molecule has 0 spiro atoms. The number of hydrogen-bond donors (Lipinski definition) is 1. The van der Waals surface area contributed by atoms with Gasteiger partial charge in [0, 0.05) is 6.54 Å². The van der Waals surface area contributed by atoms with Gasteiger partial charge >= 0.3 is 0 Å². The molecule has 1 atom stereocenters. The number of fused-ring (bicyclic) bond motifs is 1. The third-order valence-corrected chi connectivity index (χ3v) is 5.68. The van der Waals surface area contributed by atoms with E-state index in [0.717, 1.165) is 10.7 Å². The van der Waals surface area contributed by atoms with Crippen LogP contribution in [0.4, 0.5) is 4.39 Å². The van der Waals surface area contributed by atoms with Crippen LogP contribution in [0.1, 0.15) is 6.42 Å². The van der Waals surface area contributed by atoms with Crippen molar-refractivity contribution in [2.45, 2.75) is 13.0 Å². The fraction of sp³-hybridized carbons (Fsp3) is 0.429. The number of nitrogens with zero attached hydrogens (tertiary/aromatic N) is 3. The summed E-state index contributed by atoms with van der Waals surface area (Å²) in [7, 11) is -3.13. The van der Waals surface area contributed by atoms with E-state index in [1.807, 2.05) is 0 Å². The van der Waals surface area contributed by atoms with Gasteiger partial charge in [0.05, 0.1) is 29.4 Å². The third-order valence-electron chi connectivity index (χ3n) is 3.91. The molecule has 0 radical (unpaired) electrons. The Hall–Kier alpha value is -2.36. The Morgan fingerprint density at radius 3 is 2.92 bits per heavy atom. The van der Waals surface area contributed by atoms with Crippen molar-refractivity contribution in [3.63, 3.8) is 0 Å². The Morgan fingerprint density at radius 2 is 2.21 bits per heavy atom. The van der Waals surface area contributed by atoms with E-state index in [-0.39, 0.29) is 41.4 Å². The molecule has 3 rings (SSSR count). The molecule has 24 heavy (non-hydrogen) atoms. The quantitative estimate of drug-likeness (QED) is 0.791. The summed E-state index contributed by atoms with van der Waals surface area (Å²) >= 11 is 0. The lowest BCUT2D eigenvalue weighted by atomic mass is 10.1. The smallest absolute Gasteiger partial charge is 0.277 e. The zero-order valence-electron chi connectivity index (χ0n) is 12.6. The molecule has 1 saturated heterocycles. The van der Waals surface area contributed by atoms with E-state index in [2.05, 4.69) is 15.6 Å². The topological polar surface area (TPSA) is 111 Å². The lowest BCUT2D eigenvalue weighted by Crippen LogP contribution is -2.36. The van der Waals surface area contributed by atoms with Gasteiger partial charge in [0.25, 0.3) is 5.56 Å². The third kappa shape index (κ3) is 3.42. The average molecular weight is 354 g/mol. The normalized spacial score (nSPS) is 19.5. The number of hydrogen-bond acceptors (Lipinski definition) is 6. The molecule has 1 aliphatic heterocycles. The Bertz CT molecular complexity index is 957. The number of benzene rings is 1. The molecule has 1 aromatic heterocycles. The second-order valence-corrected chi connectivity index (χ2v) is 7.90. The highest BCUT2D eigenvalue weighted by atomic mass is 32.2. The Balaban J connectivity index is 1.65. The SMILES string of the molecule is O=C(NCCn1nnc2ccc(F)cc2c1=O)C1CCS(=O)(=O)C1. The molecule has 1 N–H and O–H groups in total. The van der Waals surface area contributed by atoms with E-state index in [0.29, 0.717) is 6.42 Å². The highest BCUT2D eigenvalue weighted by Gasteiger charge is 2.32. The van der Waals surface area contributed by atoms with Crippen LogP contribution in [-0.4, -0.2) is 47.4 Å². The average Bonchev–Trinajstić information content (AvgIpc) is 2.90. The summed E-state index contributed by atoms with van der Waals surface area (Å²) in [6.45, 7) is 0.161. The highest BCUT2D eigenvalue weighted by Crippen LogP contribution is 2.18. The second kappa shape index (κ2) is 6.27. The van der Waals surface area contributed by atoms with Gasteiger partial charge < -0.3 is 5.32 Å². The summed E-state index contributed by atoms with van der Waals surface area (Å²) in [6, 6.07) is 3.65. The van der Waals surface area contributed by atoms with Crippen LogP contribution < -0.4 is 10.9 Å². The molecule has 2 aromatic rings. The largest absolute Gasteiger partial charge is 0.354 e. The van der Waals surface area contributed by atoms with Crippen molar-refractivity contribution in [2.75, 3.05) is 18.1 Å². The van der Waals surface area contributed by atoms with Crippen LogP contribution >= 0.6 is 0 Å². The first-order chi connectivity index (χ1) is 11.4. The molecule has 0 bridgehead atoms. The van der Waals surface area contributed by atoms with Crippen LogP contribution in [0.5, 0.6) is 0 Å². The number of amides is 1. The first-order valence-corrected chi connectivity index (χ1v) is 9.19. The monoisotopic (exact) mass is 354 g/mol. The summed E-state index contributed by atoms with van der Waals surface area (Å²) < 4.78 is 37.0. The molecule has 0 aliphatic carbocycles. The van der Waals surface area contributed by atoms with Crippen molar-refractivity contribution in [2.24, 2.45) is 5.92 Å². The maximum atomic E-state index is 13.2. The summed E-state index contributed by atoms with van der Waals surface area (Å²) in [4.78, 5) is 24.1. The first-order valence-electron chi connectivity index (χ1n) is 7.37. The fourth-order valence-electron chi connectivity index (χ4n) is 2.63. The molecule has 8 nitrogen and oxygen atoms in total. The van der Waals surface area contributed by atoms with Gasteiger partial charge in [0.1, 0.15) is 11.3 Å². The first kappa shape index (κ1) is 16.5. The molecule has 10 heteroatoms. The van der Waals surface area contributed by atoms with Crippen molar-refractivity contribution >= 4 is 26.6 Å². The van der Waals surface area contributed by atoms with Crippen molar-refractivity contribution < 1.29 is 17.6 Å². The van der Waals surface area contributed by atoms with E-state index < -0.39 is 27.1 Å². The molecule has 1 fully saturated rings. The summed E-state index contributed by atoms with van der Waals surface area (Å²) in [5.74, 6) is -1.58. The number of nitrogens with one attached hydrogen (secondary N) is 1. The molecule has 2 heterocycles. The fourth-order valence-corrected chi connectivity index (χ4v) is 4.37. The number of carbonyl (C=O) groups excluding carboxylic acids is 1. The number of sulfone groups is 1. The summed E-state index contributed by atoms with van der Waals surface area (Å²) in [5, 5.41) is 10.3. The van der Waals surface area contributed by atoms with Crippen molar-refractivity contribution in [1.82, 2.24) is 20.3 Å². The van der Waals surface area contributed by atoms with Gasteiger partial charge in [0.15, 0.2) is 9.84 Å². The molecule has 128 valence electrons. The van der Waals surface area contributed by atoms with E-state index in [9.17, 15) is 22.4 Å². The molecular weight excluding hydrogens is 339 g/mol. The minimum Gasteiger partial charge on any atom is -0.354 e. The van der Waals surface area contributed by atoms with Crippen LogP contribution in [0.15, 0.2) is 23.0 Å². The Morgan fingerprint density at radius 1 is 1.42 bits per heavy atom. The maximum Gasteiger partial charge on any atom is 0.277 e. The predicted molar refractivity (Wildman–Crippen MR) is 83.5 cm³/mol. The van der Waals surface area contributed by atoms with Crippen molar-refractivity contribution in [3.8, 4) is 0 Å². The molecular formula is C14H15FN4O4S. The number of halogens is 1. The van der Waals surface area contributed by atoms with Crippen molar-refractivity contribution in [3.05, 3.63) is 34.4 Å². The summed E-state index contributed by atoms with van der Waals surface area (Å²) in [5.41, 5.74) is -0.213. The van der Waals surface area contributed by atoms with Gasteiger partial charge in [-0.15, -0.1) is 5.10 Å². The van der Waals surface area contributed by atoms with Gasteiger partial charge in [-0.05, 0) is 24.6 Å². The van der Waals surface area contributed by atoms with Crippen LogP contribution in [0, 0.1) is 11.7 Å². The van der Waals surface area contributed by atoms with Gasteiger partial charge in [-0.2, -0.15) is 0 Å². The summed E-state index contributed by atoms with van der Waals surface area (Å²) in [6.07, 6.45) is 0.309. The molecule has 1 aromatic carbocycles. The van der Waals surface area contributed by atoms with Crippen molar-refractivity contribution in [1.29, 1.82) is 0 Å². The molecule has 1 amide bonds. The van der Waals surface area contributed by atoms with Crippen LogP contribution in [0.3, 0.4) is 0 Å². The predicted octanol–water partition coefficient (Wildman–Crippen LogP) is -0.519. The van der Waals surface area contributed by atoms with E-state index >= 15 is 0 Å². The zero-order valence-corrected chi connectivity index (χ0v) is 13.4. The highest BCUT2D eigenvalue weighted by molar-refractivity contribution is 7.91. The molecule has 0 saturated carbocycles. The van der Waals surface area contributed by atoms with Gasteiger partial charge in [-0.25, -0.2) is 17.5 Å². The number of rotatable bonds is 4. The Kier molecular flexibility index (Phi) is 4.31. The lowest BCUT2D eigenvalue weighted by Gasteiger charge is -2.10. The molecule has 1 aliphatic rings. The van der Waals surface area contributed by atoms with Gasteiger partial charge in [-0.1, -0.05) is 5.21 Å². The van der Waals surface area contributed by atoms with Gasteiger partial charge in [0.2, 0.25) is 5.91 Å². The molecule has 1 unspecified atom stereocenters. The van der Waals surface area contributed by atoms with Crippen LogP contribution in [0.25, 0.3) is 10.9 Å². The minimum absolute atomic E-state index is 0.0201. The van der Waals surface area contributed by atoms with E-state index in [4.69, 9.17) is 0 Å². The van der Waals surface area contributed by atoms with E-state index in [1.54, 1.807) is 0 Å². The second-order valence-electron chi connectivity index (χ2n) is 5.67. The zero-order chi connectivity index (χ0) is 17.3. The maximum absolute atomic E-state index is 13.2. The standard InChI is InChI=1S/C14H15FN4O4S/c15-10-1-2-12-11(7-10)14(21)19(18-17-12)5-4-16-13(20)9-3-6-24(22,23)8-9/h1-2,7,9H,3-6,8H2,(H,16,20). The minimum atomic E-state index is -3.13. The number of carbonyl (C=O) groups is 1. The van der Waals surface area contributed by atoms with E-state index in [1.165, 1.54) is 12.1 Å². The Labute approximate surface area is 136 Å².